The maximum absolute atomic E-state index is 12.4. The summed E-state index contributed by atoms with van der Waals surface area (Å²) in [7, 11) is 0. The lowest BCUT2D eigenvalue weighted by Crippen LogP contribution is -2.44. The minimum absolute atomic E-state index is 0.142. The van der Waals surface area contributed by atoms with Crippen LogP contribution in [0.3, 0.4) is 0 Å². The molecule has 1 saturated heterocycles. The van der Waals surface area contributed by atoms with Gasteiger partial charge in [0, 0.05) is 34.5 Å². The van der Waals surface area contributed by atoms with Gasteiger partial charge in [-0.25, -0.2) is 4.98 Å². The summed E-state index contributed by atoms with van der Waals surface area (Å²) in [5.41, 5.74) is 1.68. The third-order valence-corrected chi connectivity index (χ3v) is 3.55. The first kappa shape index (κ1) is 13.5. The summed E-state index contributed by atoms with van der Waals surface area (Å²) in [5.74, 6) is -0.345. The van der Waals surface area contributed by atoms with Crippen molar-refractivity contribution in [1.82, 2.24) is 14.9 Å². The van der Waals surface area contributed by atoms with Crippen LogP contribution < -0.4 is 0 Å². The first-order valence-electron chi connectivity index (χ1n) is 6.88. The van der Waals surface area contributed by atoms with Gasteiger partial charge in [0.1, 0.15) is 5.65 Å². The van der Waals surface area contributed by atoms with Gasteiger partial charge in [0.25, 0.3) is 5.91 Å². The molecule has 21 heavy (non-hydrogen) atoms. The van der Waals surface area contributed by atoms with Crippen molar-refractivity contribution in [1.29, 1.82) is 0 Å². The van der Waals surface area contributed by atoms with Gasteiger partial charge in [-0.05, 0) is 39.0 Å². The van der Waals surface area contributed by atoms with E-state index >= 15 is 0 Å². The number of aromatic nitrogens is 2. The lowest BCUT2D eigenvalue weighted by atomic mass is 10.1. The molecule has 0 unspecified atom stereocenters. The Balaban J connectivity index is 2.02. The van der Waals surface area contributed by atoms with Gasteiger partial charge in [-0.15, -0.1) is 0 Å². The average Bonchev–Trinajstić information content (AvgIpc) is 2.92. The number of rotatable bonds is 1. The van der Waals surface area contributed by atoms with E-state index in [0.29, 0.717) is 5.57 Å². The Morgan fingerprint density at radius 3 is 2.76 bits per heavy atom. The van der Waals surface area contributed by atoms with E-state index in [9.17, 15) is 9.59 Å². The molecule has 5 heteroatoms. The van der Waals surface area contributed by atoms with E-state index in [1.54, 1.807) is 12.3 Å². The quantitative estimate of drug-likeness (QED) is 0.646. The number of amides is 2. The third-order valence-electron chi connectivity index (χ3n) is 3.55. The number of nitrogens with zero attached hydrogens (tertiary/aromatic N) is 2. The molecule has 0 bridgehead atoms. The van der Waals surface area contributed by atoms with Crippen LogP contribution in [0.15, 0.2) is 30.1 Å². The maximum Gasteiger partial charge on any atom is 0.257 e. The first-order valence-corrected chi connectivity index (χ1v) is 6.88. The highest BCUT2D eigenvalue weighted by Gasteiger charge is 2.40. The fourth-order valence-corrected chi connectivity index (χ4v) is 2.65. The molecule has 1 aliphatic rings. The Labute approximate surface area is 122 Å². The molecule has 0 aliphatic carbocycles. The lowest BCUT2D eigenvalue weighted by Gasteiger charge is -2.29. The smallest absolute Gasteiger partial charge is 0.257 e. The Hall–Kier alpha value is -2.43. The molecule has 2 aromatic rings. The predicted molar refractivity (Wildman–Crippen MR) is 80.3 cm³/mol. The number of aromatic amines is 1. The Morgan fingerprint density at radius 1 is 1.33 bits per heavy atom. The second-order valence-electron chi connectivity index (χ2n) is 6.20. The SMILES string of the molecule is CC(C)(C)N1C(=O)CC(=Cc2c[nH]c3ncccc23)C1=O. The van der Waals surface area contributed by atoms with Gasteiger partial charge >= 0.3 is 0 Å². The number of hydrogen-bond acceptors (Lipinski definition) is 3. The molecule has 0 radical (unpaired) electrons. The fraction of sp³-hybridized carbons (Fsp3) is 0.312. The topological polar surface area (TPSA) is 66.1 Å². The summed E-state index contributed by atoms with van der Waals surface area (Å²) < 4.78 is 0. The molecular weight excluding hydrogens is 266 g/mol. The van der Waals surface area contributed by atoms with Crippen LogP contribution in [0.5, 0.6) is 0 Å². The third kappa shape index (κ3) is 2.24. The van der Waals surface area contributed by atoms with Gasteiger partial charge in [-0.1, -0.05) is 0 Å². The van der Waals surface area contributed by atoms with E-state index in [1.807, 2.05) is 39.1 Å². The summed E-state index contributed by atoms with van der Waals surface area (Å²) >= 11 is 0. The molecule has 1 aliphatic heterocycles. The van der Waals surface area contributed by atoms with Gasteiger partial charge < -0.3 is 4.98 Å². The van der Waals surface area contributed by atoms with Crippen LogP contribution in [0.2, 0.25) is 0 Å². The van der Waals surface area contributed by atoms with Crippen molar-refractivity contribution in [2.45, 2.75) is 32.7 Å². The number of nitrogens with one attached hydrogen (secondary N) is 1. The van der Waals surface area contributed by atoms with Gasteiger partial charge in [0.15, 0.2) is 0 Å². The number of H-pyrrole nitrogens is 1. The summed E-state index contributed by atoms with van der Waals surface area (Å²) in [6.07, 6.45) is 5.46. The van der Waals surface area contributed by atoms with Crippen molar-refractivity contribution in [2.75, 3.05) is 0 Å². The number of pyridine rings is 1. The Kier molecular flexibility index (Phi) is 2.93. The molecule has 1 fully saturated rings. The predicted octanol–water partition coefficient (Wildman–Crippen LogP) is 2.50. The molecule has 0 spiro atoms. The van der Waals surface area contributed by atoms with Crippen LogP contribution in [0.1, 0.15) is 32.8 Å². The minimum Gasteiger partial charge on any atom is -0.346 e. The van der Waals surface area contributed by atoms with Gasteiger partial charge in [0.2, 0.25) is 5.91 Å². The van der Waals surface area contributed by atoms with Crippen molar-refractivity contribution < 1.29 is 9.59 Å². The molecule has 3 heterocycles. The van der Waals surface area contributed by atoms with E-state index < -0.39 is 5.54 Å². The normalized spacial score (nSPS) is 18.2. The monoisotopic (exact) mass is 283 g/mol. The molecule has 0 atom stereocenters. The molecule has 3 rings (SSSR count). The number of carbonyl (C=O) groups excluding carboxylic acids is 2. The number of likely N-dealkylation sites (tertiary alicyclic amines) is 1. The zero-order chi connectivity index (χ0) is 15.2. The van der Waals surface area contributed by atoms with Crippen LogP contribution in [-0.4, -0.2) is 32.2 Å². The molecule has 108 valence electrons. The van der Waals surface area contributed by atoms with Crippen molar-refractivity contribution in [3.05, 3.63) is 35.7 Å². The Bertz CT molecular complexity index is 765. The van der Waals surface area contributed by atoms with Crippen molar-refractivity contribution in [3.8, 4) is 0 Å². The molecule has 0 aromatic carbocycles. The maximum atomic E-state index is 12.4. The van der Waals surface area contributed by atoms with Crippen LogP contribution in [0, 0.1) is 0 Å². The van der Waals surface area contributed by atoms with Crippen molar-refractivity contribution in [2.24, 2.45) is 0 Å². The number of fused-ring (bicyclic) bond motifs is 1. The lowest BCUT2D eigenvalue weighted by molar-refractivity contribution is -0.142. The second-order valence-corrected chi connectivity index (χ2v) is 6.20. The van der Waals surface area contributed by atoms with Crippen molar-refractivity contribution in [3.63, 3.8) is 0 Å². The largest absolute Gasteiger partial charge is 0.346 e. The summed E-state index contributed by atoms with van der Waals surface area (Å²) in [5, 5.41) is 0.944. The Morgan fingerprint density at radius 2 is 2.10 bits per heavy atom. The molecular formula is C16H17N3O2. The number of hydrogen-bond donors (Lipinski definition) is 1. The van der Waals surface area contributed by atoms with Crippen LogP contribution in [0.4, 0.5) is 0 Å². The van der Waals surface area contributed by atoms with E-state index in [2.05, 4.69) is 9.97 Å². The van der Waals surface area contributed by atoms with E-state index in [1.165, 1.54) is 4.90 Å². The summed E-state index contributed by atoms with van der Waals surface area (Å²) in [4.78, 5) is 33.1. The molecule has 5 nitrogen and oxygen atoms in total. The molecule has 2 aromatic heterocycles. The van der Waals surface area contributed by atoms with E-state index in [4.69, 9.17) is 0 Å². The van der Waals surface area contributed by atoms with Crippen LogP contribution in [-0.2, 0) is 9.59 Å². The van der Waals surface area contributed by atoms with Gasteiger partial charge in [-0.2, -0.15) is 0 Å². The number of imide groups is 1. The molecule has 0 saturated carbocycles. The first-order chi connectivity index (χ1) is 9.88. The highest BCUT2D eigenvalue weighted by Crippen LogP contribution is 2.29. The van der Waals surface area contributed by atoms with Crippen LogP contribution in [0.25, 0.3) is 17.1 Å². The zero-order valence-corrected chi connectivity index (χ0v) is 12.3. The van der Waals surface area contributed by atoms with E-state index in [-0.39, 0.29) is 18.2 Å². The standard InChI is InChI=1S/C16H17N3O2/c1-16(2,3)19-13(20)8-10(15(19)21)7-11-9-18-14-12(11)5-4-6-17-14/h4-7,9H,8H2,1-3H3,(H,17,18). The minimum atomic E-state index is -0.495. The zero-order valence-electron chi connectivity index (χ0n) is 12.3. The van der Waals surface area contributed by atoms with E-state index in [0.717, 1.165) is 16.6 Å². The van der Waals surface area contributed by atoms with Crippen molar-refractivity contribution >= 4 is 28.9 Å². The highest BCUT2D eigenvalue weighted by molar-refractivity contribution is 6.16. The summed E-state index contributed by atoms with van der Waals surface area (Å²) in [6.45, 7) is 5.59. The number of carbonyl (C=O) groups is 2. The average molecular weight is 283 g/mol. The molecule has 2 amide bonds. The second kappa shape index (κ2) is 4.55. The van der Waals surface area contributed by atoms with Gasteiger partial charge in [-0.3, -0.25) is 14.5 Å². The summed E-state index contributed by atoms with van der Waals surface area (Å²) in [6, 6.07) is 3.79. The highest BCUT2D eigenvalue weighted by atomic mass is 16.2. The van der Waals surface area contributed by atoms with Gasteiger partial charge in [0.05, 0.1) is 6.42 Å². The fourth-order valence-electron chi connectivity index (χ4n) is 2.65. The van der Waals surface area contributed by atoms with Crippen LogP contribution >= 0.6 is 0 Å². The molecule has 1 N–H and O–H groups in total.